The summed E-state index contributed by atoms with van der Waals surface area (Å²) in [6.07, 6.45) is 0. The summed E-state index contributed by atoms with van der Waals surface area (Å²) in [5.74, 6) is 1.51. The number of halogens is 2. The molecule has 3 aromatic carbocycles. The lowest BCUT2D eigenvalue weighted by molar-refractivity contribution is 0.102. The van der Waals surface area contributed by atoms with E-state index in [1.165, 1.54) is 7.11 Å². The monoisotopic (exact) mass is 431 g/mol. The molecule has 0 bridgehead atoms. The van der Waals surface area contributed by atoms with E-state index in [4.69, 9.17) is 37.4 Å². The molecule has 0 atom stereocenters. The van der Waals surface area contributed by atoms with Crippen LogP contribution in [0, 0.1) is 0 Å². The van der Waals surface area contributed by atoms with Crippen LogP contribution in [0.4, 0.5) is 5.69 Å². The maximum atomic E-state index is 12.7. The summed E-state index contributed by atoms with van der Waals surface area (Å²) in [7, 11) is 3.10. The molecule has 0 aliphatic rings. The maximum Gasteiger partial charge on any atom is 0.255 e. The molecule has 0 fully saturated rings. The van der Waals surface area contributed by atoms with Crippen LogP contribution in [0.3, 0.4) is 0 Å². The Morgan fingerprint density at radius 1 is 0.931 bits per heavy atom. The predicted octanol–water partition coefficient (Wildman–Crippen LogP) is 5.84. The van der Waals surface area contributed by atoms with Crippen molar-refractivity contribution in [3.05, 3.63) is 81.8 Å². The molecule has 5 nitrogen and oxygen atoms in total. The molecular weight excluding hydrogens is 413 g/mol. The van der Waals surface area contributed by atoms with Crippen molar-refractivity contribution in [3.8, 4) is 17.2 Å². The molecule has 0 aromatic heterocycles. The first kappa shape index (κ1) is 20.8. The Labute approximate surface area is 179 Å². The number of rotatable bonds is 7. The normalized spacial score (nSPS) is 10.3. The van der Waals surface area contributed by atoms with Gasteiger partial charge in [-0.1, -0.05) is 29.3 Å². The number of anilines is 1. The molecule has 0 saturated heterocycles. The van der Waals surface area contributed by atoms with E-state index in [9.17, 15) is 4.79 Å². The van der Waals surface area contributed by atoms with E-state index in [2.05, 4.69) is 5.32 Å². The first-order valence-electron chi connectivity index (χ1n) is 8.70. The topological polar surface area (TPSA) is 56.8 Å². The highest BCUT2D eigenvalue weighted by Gasteiger charge is 2.12. The summed E-state index contributed by atoms with van der Waals surface area (Å²) in [6.45, 7) is 0.221. The Kier molecular flexibility index (Phi) is 6.86. The average molecular weight is 432 g/mol. The number of carbonyl (C=O) groups is 1. The molecule has 7 heteroatoms. The van der Waals surface area contributed by atoms with Crippen molar-refractivity contribution in [2.45, 2.75) is 6.61 Å². The van der Waals surface area contributed by atoms with Crippen molar-refractivity contribution in [3.63, 3.8) is 0 Å². The van der Waals surface area contributed by atoms with E-state index in [-0.39, 0.29) is 12.5 Å². The zero-order valence-corrected chi connectivity index (χ0v) is 17.4. The third-order valence-corrected chi connectivity index (χ3v) is 4.67. The summed E-state index contributed by atoms with van der Waals surface area (Å²) in [5, 5.41) is 3.81. The van der Waals surface area contributed by atoms with Crippen LogP contribution in [0.5, 0.6) is 17.2 Å². The van der Waals surface area contributed by atoms with Crippen LogP contribution < -0.4 is 19.5 Å². The van der Waals surface area contributed by atoms with Crippen LogP contribution in [0.2, 0.25) is 10.0 Å². The second-order valence-electron chi connectivity index (χ2n) is 6.08. The number of ether oxygens (including phenoxy) is 3. The summed E-state index contributed by atoms with van der Waals surface area (Å²) >= 11 is 12.1. The Bertz CT molecular complexity index is 1020. The minimum Gasteiger partial charge on any atom is -0.496 e. The fraction of sp³-hybridized carbons (Fsp3) is 0.136. The van der Waals surface area contributed by atoms with Gasteiger partial charge < -0.3 is 19.5 Å². The van der Waals surface area contributed by atoms with E-state index >= 15 is 0 Å². The third kappa shape index (κ3) is 5.34. The average Bonchev–Trinajstić information content (AvgIpc) is 2.72. The number of carbonyl (C=O) groups excluding carboxylic acids is 1. The quantitative estimate of drug-likeness (QED) is 0.510. The smallest absolute Gasteiger partial charge is 0.255 e. The minimum absolute atomic E-state index is 0.221. The van der Waals surface area contributed by atoms with Gasteiger partial charge in [-0.05, 0) is 54.6 Å². The molecule has 0 aliphatic heterocycles. The first-order chi connectivity index (χ1) is 14.0. The van der Waals surface area contributed by atoms with E-state index in [1.807, 2.05) is 6.07 Å². The molecule has 1 amide bonds. The van der Waals surface area contributed by atoms with Gasteiger partial charge in [-0.3, -0.25) is 4.79 Å². The number of methoxy groups -OCH3 is 2. The summed E-state index contributed by atoms with van der Waals surface area (Å²) in [6, 6.07) is 17.3. The molecule has 150 valence electrons. The molecule has 0 aliphatic carbocycles. The highest BCUT2D eigenvalue weighted by Crippen LogP contribution is 2.28. The molecular formula is C22H19Cl2NO4. The van der Waals surface area contributed by atoms with Crippen molar-refractivity contribution < 1.29 is 19.0 Å². The molecule has 0 saturated carbocycles. The number of benzene rings is 3. The molecule has 0 radical (unpaired) electrons. The van der Waals surface area contributed by atoms with E-state index in [1.54, 1.807) is 61.7 Å². The van der Waals surface area contributed by atoms with Crippen LogP contribution in [-0.4, -0.2) is 20.1 Å². The molecule has 0 heterocycles. The van der Waals surface area contributed by atoms with Crippen LogP contribution in [0.15, 0.2) is 60.7 Å². The predicted molar refractivity (Wildman–Crippen MR) is 115 cm³/mol. The first-order valence-corrected chi connectivity index (χ1v) is 9.46. The van der Waals surface area contributed by atoms with Crippen molar-refractivity contribution in [2.75, 3.05) is 19.5 Å². The molecule has 3 rings (SSSR count). The van der Waals surface area contributed by atoms with Gasteiger partial charge in [0.25, 0.3) is 5.91 Å². The highest BCUT2D eigenvalue weighted by atomic mass is 35.5. The van der Waals surface area contributed by atoms with E-state index in [0.29, 0.717) is 38.5 Å². The standard InChI is InChI=1S/C22H19Cl2NO4/c1-27-20-8-6-14(10-15(20)13-29-18-5-3-4-16(23)11-18)22(26)25-17-7-9-21(28-2)19(24)12-17/h3-12H,13H2,1-2H3,(H,25,26). The van der Waals surface area contributed by atoms with E-state index in [0.717, 1.165) is 5.56 Å². The number of hydrogen-bond acceptors (Lipinski definition) is 4. The van der Waals surface area contributed by atoms with Crippen molar-refractivity contribution in [2.24, 2.45) is 0 Å². The van der Waals surface area contributed by atoms with Gasteiger partial charge >= 0.3 is 0 Å². The second kappa shape index (κ2) is 9.54. The Morgan fingerprint density at radius 3 is 2.38 bits per heavy atom. The molecule has 29 heavy (non-hydrogen) atoms. The highest BCUT2D eigenvalue weighted by molar-refractivity contribution is 6.32. The summed E-state index contributed by atoms with van der Waals surface area (Å²) < 4.78 is 16.3. The SMILES string of the molecule is COc1ccc(NC(=O)c2ccc(OC)c(COc3cccc(Cl)c3)c2)cc1Cl. The van der Waals surface area contributed by atoms with Crippen LogP contribution >= 0.6 is 23.2 Å². The van der Waals surface area contributed by atoms with Gasteiger partial charge in [0, 0.05) is 21.8 Å². The number of amides is 1. The molecule has 1 N–H and O–H groups in total. The van der Waals surface area contributed by atoms with Gasteiger partial charge in [-0.25, -0.2) is 0 Å². The largest absolute Gasteiger partial charge is 0.496 e. The molecule has 0 spiro atoms. The van der Waals surface area contributed by atoms with Gasteiger partial charge in [0.05, 0.1) is 19.2 Å². The van der Waals surface area contributed by atoms with Gasteiger partial charge in [-0.15, -0.1) is 0 Å². The second-order valence-corrected chi connectivity index (χ2v) is 6.92. The van der Waals surface area contributed by atoms with Crippen LogP contribution in [0.25, 0.3) is 0 Å². The van der Waals surface area contributed by atoms with Gasteiger partial charge in [-0.2, -0.15) is 0 Å². The Balaban J connectivity index is 1.76. The lowest BCUT2D eigenvalue weighted by Crippen LogP contribution is -2.13. The fourth-order valence-corrected chi connectivity index (χ4v) is 3.14. The minimum atomic E-state index is -0.280. The molecule has 3 aromatic rings. The van der Waals surface area contributed by atoms with Crippen LogP contribution in [-0.2, 0) is 6.61 Å². The number of hydrogen-bond donors (Lipinski definition) is 1. The fourth-order valence-electron chi connectivity index (χ4n) is 2.70. The molecule has 0 unspecified atom stereocenters. The summed E-state index contributed by atoms with van der Waals surface area (Å²) in [5.41, 5.74) is 1.75. The zero-order chi connectivity index (χ0) is 20.8. The van der Waals surface area contributed by atoms with Crippen LogP contribution in [0.1, 0.15) is 15.9 Å². The van der Waals surface area contributed by atoms with Gasteiger partial charge in [0.1, 0.15) is 23.9 Å². The Morgan fingerprint density at radius 2 is 1.69 bits per heavy atom. The van der Waals surface area contributed by atoms with Crippen molar-refractivity contribution in [1.29, 1.82) is 0 Å². The Hall–Kier alpha value is -2.89. The maximum absolute atomic E-state index is 12.7. The number of nitrogens with one attached hydrogen (secondary N) is 1. The van der Waals surface area contributed by atoms with Gasteiger partial charge in [0.15, 0.2) is 0 Å². The lowest BCUT2D eigenvalue weighted by atomic mass is 10.1. The zero-order valence-electron chi connectivity index (χ0n) is 15.9. The van der Waals surface area contributed by atoms with Crippen molar-refractivity contribution in [1.82, 2.24) is 0 Å². The third-order valence-electron chi connectivity index (χ3n) is 4.14. The van der Waals surface area contributed by atoms with Crippen molar-refractivity contribution >= 4 is 34.8 Å². The van der Waals surface area contributed by atoms with Gasteiger partial charge in [0.2, 0.25) is 0 Å². The summed E-state index contributed by atoms with van der Waals surface area (Å²) in [4.78, 5) is 12.7. The van der Waals surface area contributed by atoms with E-state index < -0.39 is 0 Å². The lowest BCUT2D eigenvalue weighted by Gasteiger charge is -2.13.